The molecule has 206 valence electrons. The molecule has 0 spiro atoms. The zero-order chi connectivity index (χ0) is 28.0. The van der Waals surface area contributed by atoms with E-state index >= 15 is 0 Å². The van der Waals surface area contributed by atoms with E-state index in [-0.39, 0.29) is 18.3 Å². The normalized spacial score (nSPS) is 13.9. The number of alkyl halides is 3. The van der Waals surface area contributed by atoms with Crippen molar-refractivity contribution in [1.29, 1.82) is 0 Å². The molecule has 37 heavy (non-hydrogen) atoms. The molecular formula is C23H28F4N2O7S. The van der Waals surface area contributed by atoms with E-state index in [1.165, 1.54) is 47.1 Å². The van der Waals surface area contributed by atoms with E-state index in [0.29, 0.717) is 4.31 Å². The molecule has 0 aliphatic heterocycles. The lowest BCUT2D eigenvalue weighted by Crippen LogP contribution is -2.45. The number of rotatable bonds is 12. The van der Waals surface area contributed by atoms with Crippen LogP contribution < -0.4 is 9.47 Å². The van der Waals surface area contributed by atoms with E-state index in [4.69, 9.17) is 18.9 Å². The first kappa shape index (κ1) is 30.4. The first-order valence-electron chi connectivity index (χ1n) is 10.8. The first-order valence-corrected chi connectivity index (χ1v) is 11.9. The van der Waals surface area contributed by atoms with Gasteiger partial charge in [0, 0.05) is 44.0 Å². The van der Waals surface area contributed by atoms with Crippen molar-refractivity contribution >= 4 is 16.7 Å². The van der Waals surface area contributed by atoms with Crippen LogP contribution >= 0.6 is 0 Å². The van der Waals surface area contributed by atoms with Gasteiger partial charge in [0.25, 0.3) is 0 Å². The molecule has 2 rings (SSSR count). The SMILES string of the molecule is COCOc1ccc(C(N(Cc2cccc([N+](=O)[O-])c2F)S(=O)C(C)(C)C)C(F)(F)F)c(OCOC)c1. The van der Waals surface area contributed by atoms with Crippen molar-refractivity contribution < 1.29 is 45.6 Å². The molecule has 2 aromatic rings. The Kier molecular flexibility index (Phi) is 10.4. The quantitative estimate of drug-likeness (QED) is 0.153. The molecule has 9 nitrogen and oxygen atoms in total. The zero-order valence-electron chi connectivity index (χ0n) is 20.8. The molecule has 14 heteroatoms. The van der Waals surface area contributed by atoms with Crippen LogP contribution in [0.15, 0.2) is 36.4 Å². The number of hydrogen-bond donors (Lipinski definition) is 0. The lowest BCUT2D eigenvalue weighted by Gasteiger charge is -2.37. The molecule has 0 amide bonds. The Morgan fingerprint density at radius 2 is 1.68 bits per heavy atom. The Hall–Kier alpha value is -2.81. The summed E-state index contributed by atoms with van der Waals surface area (Å²) in [4.78, 5) is 10.2. The molecule has 0 fully saturated rings. The molecule has 2 aromatic carbocycles. The highest BCUT2D eigenvalue weighted by molar-refractivity contribution is 7.84. The second-order valence-corrected chi connectivity index (χ2v) is 10.9. The Morgan fingerprint density at radius 3 is 2.22 bits per heavy atom. The summed E-state index contributed by atoms with van der Waals surface area (Å²) in [7, 11) is 0.277. The molecule has 0 aromatic heterocycles. The maximum Gasteiger partial charge on any atom is 0.409 e. The number of benzene rings is 2. The summed E-state index contributed by atoms with van der Waals surface area (Å²) < 4.78 is 92.2. The lowest BCUT2D eigenvalue weighted by atomic mass is 10.0. The Labute approximate surface area is 214 Å². The maximum atomic E-state index is 14.9. The van der Waals surface area contributed by atoms with Crippen molar-refractivity contribution in [2.45, 2.75) is 44.3 Å². The molecule has 0 saturated heterocycles. The van der Waals surface area contributed by atoms with Crippen LogP contribution in [0.4, 0.5) is 23.2 Å². The van der Waals surface area contributed by atoms with Gasteiger partial charge in [-0.25, -0.2) is 8.51 Å². The van der Waals surface area contributed by atoms with Gasteiger partial charge in [0.2, 0.25) is 5.82 Å². The van der Waals surface area contributed by atoms with Crippen LogP contribution in [0.3, 0.4) is 0 Å². The summed E-state index contributed by atoms with van der Waals surface area (Å²) in [6.07, 6.45) is -5.03. The summed E-state index contributed by atoms with van der Waals surface area (Å²) >= 11 is 0. The van der Waals surface area contributed by atoms with E-state index in [1.54, 1.807) is 0 Å². The monoisotopic (exact) mass is 552 g/mol. The van der Waals surface area contributed by atoms with E-state index in [2.05, 4.69) is 0 Å². The largest absolute Gasteiger partial charge is 0.467 e. The molecule has 0 radical (unpaired) electrons. The molecule has 0 heterocycles. The van der Waals surface area contributed by atoms with Crippen LogP contribution in [0.2, 0.25) is 0 Å². The summed E-state index contributed by atoms with van der Waals surface area (Å²) in [6, 6.07) is 4.11. The second-order valence-electron chi connectivity index (χ2n) is 8.69. The van der Waals surface area contributed by atoms with Gasteiger partial charge >= 0.3 is 11.9 Å². The van der Waals surface area contributed by atoms with Crippen molar-refractivity contribution in [2.24, 2.45) is 0 Å². The number of nitrogens with zero attached hydrogens (tertiary/aromatic N) is 2. The fourth-order valence-electron chi connectivity index (χ4n) is 3.29. The van der Waals surface area contributed by atoms with E-state index < -0.39 is 68.8 Å². The van der Waals surface area contributed by atoms with E-state index in [1.807, 2.05) is 0 Å². The number of nitro groups is 1. The second kappa shape index (κ2) is 12.6. The van der Waals surface area contributed by atoms with Gasteiger partial charge < -0.3 is 18.9 Å². The van der Waals surface area contributed by atoms with Crippen molar-refractivity contribution in [3.8, 4) is 11.5 Å². The van der Waals surface area contributed by atoms with Crippen LogP contribution in [0, 0.1) is 15.9 Å². The molecule has 0 aliphatic carbocycles. The molecule has 0 aliphatic rings. The Balaban J connectivity index is 2.74. The van der Waals surface area contributed by atoms with Crippen LogP contribution in [0.1, 0.15) is 37.9 Å². The Bertz CT molecular complexity index is 1110. The summed E-state index contributed by atoms with van der Waals surface area (Å²) in [5.41, 5.74) is -1.79. The molecule has 0 saturated carbocycles. The van der Waals surface area contributed by atoms with Crippen molar-refractivity contribution in [1.82, 2.24) is 4.31 Å². The fraction of sp³-hybridized carbons (Fsp3) is 0.478. The van der Waals surface area contributed by atoms with Crippen molar-refractivity contribution in [3.05, 3.63) is 63.5 Å². The topological polar surface area (TPSA) is 100 Å². The summed E-state index contributed by atoms with van der Waals surface area (Å²) in [5.74, 6) is -1.47. The minimum atomic E-state index is -5.03. The minimum absolute atomic E-state index is 0.130. The van der Waals surface area contributed by atoms with Crippen LogP contribution in [0.5, 0.6) is 11.5 Å². The van der Waals surface area contributed by atoms with Crippen LogP contribution in [-0.4, -0.2) is 52.2 Å². The van der Waals surface area contributed by atoms with Crippen LogP contribution in [0.25, 0.3) is 0 Å². The molecule has 0 N–H and O–H groups in total. The van der Waals surface area contributed by atoms with Crippen LogP contribution in [-0.2, 0) is 27.0 Å². The molecule has 2 unspecified atom stereocenters. The number of methoxy groups -OCH3 is 2. The number of hydrogen-bond acceptors (Lipinski definition) is 7. The molecular weight excluding hydrogens is 524 g/mol. The third-order valence-corrected chi connectivity index (χ3v) is 6.69. The first-order chi connectivity index (χ1) is 17.2. The standard InChI is InChI=1S/C23H28F4N2O7S/c1-22(2,3)37(32)28(12-15-7-6-8-18(20(15)24)29(30)31)21(23(25,26)27)17-10-9-16(35-13-33-4)11-19(17)36-14-34-5/h6-11,21H,12-14H2,1-5H3. The highest BCUT2D eigenvalue weighted by Gasteiger charge is 2.50. The highest BCUT2D eigenvalue weighted by Crippen LogP contribution is 2.45. The number of nitro benzene ring substituents is 1. The summed E-state index contributed by atoms with van der Waals surface area (Å²) in [5, 5.41) is 11.2. The van der Waals surface area contributed by atoms with Gasteiger partial charge in [0.15, 0.2) is 13.6 Å². The number of ether oxygens (including phenoxy) is 4. The molecule has 2 atom stereocenters. The van der Waals surface area contributed by atoms with Gasteiger partial charge in [-0.3, -0.25) is 10.1 Å². The predicted octanol–water partition coefficient (Wildman–Crippen LogP) is 5.27. The average Bonchev–Trinajstić information content (AvgIpc) is 2.80. The van der Waals surface area contributed by atoms with Gasteiger partial charge in [-0.15, -0.1) is 0 Å². The smallest absolute Gasteiger partial charge is 0.409 e. The summed E-state index contributed by atoms with van der Waals surface area (Å²) in [6.45, 7) is 2.92. The van der Waals surface area contributed by atoms with Gasteiger partial charge in [-0.1, -0.05) is 12.1 Å². The molecule has 0 bridgehead atoms. The fourth-order valence-corrected chi connectivity index (χ4v) is 4.68. The van der Waals surface area contributed by atoms with E-state index in [0.717, 1.165) is 24.3 Å². The van der Waals surface area contributed by atoms with Crippen molar-refractivity contribution in [2.75, 3.05) is 27.8 Å². The zero-order valence-corrected chi connectivity index (χ0v) is 21.7. The lowest BCUT2D eigenvalue weighted by molar-refractivity contribution is -0.387. The third-order valence-electron chi connectivity index (χ3n) is 4.87. The highest BCUT2D eigenvalue weighted by atomic mass is 32.2. The van der Waals surface area contributed by atoms with Crippen molar-refractivity contribution in [3.63, 3.8) is 0 Å². The number of halogens is 4. The van der Waals surface area contributed by atoms with E-state index in [9.17, 15) is 31.9 Å². The average molecular weight is 553 g/mol. The van der Waals surface area contributed by atoms with Gasteiger partial charge in [-0.05, 0) is 32.9 Å². The van der Waals surface area contributed by atoms with Gasteiger partial charge in [0.05, 0.1) is 9.67 Å². The Morgan fingerprint density at radius 1 is 1.05 bits per heavy atom. The third kappa shape index (κ3) is 7.84. The van der Waals surface area contributed by atoms with Gasteiger partial charge in [0.1, 0.15) is 28.5 Å². The predicted molar refractivity (Wildman–Crippen MR) is 127 cm³/mol. The van der Waals surface area contributed by atoms with Gasteiger partial charge in [-0.2, -0.15) is 17.6 Å². The maximum absolute atomic E-state index is 14.9. The minimum Gasteiger partial charge on any atom is -0.467 e.